The van der Waals surface area contributed by atoms with Gasteiger partial charge in [0.25, 0.3) is 0 Å². The molecule has 0 aliphatic rings. The Bertz CT molecular complexity index is 800. The normalized spacial score (nSPS) is 7.15. The standard InChI is InChI=1S/C22H14.2C2H6/c1-3-7-19-11-15-21(16-12-19)9-5-6-10-22-17-13-20(8-4-2)14-18-22;2*1-2/h11-18H,1-2H3;2*1-2H3. The second kappa shape index (κ2) is 15.2. The van der Waals surface area contributed by atoms with E-state index in [4.69, 9.17) is 0 Å². The SMILES string of the molecule is CC.CC.CC#Cc1ccc(C#CC#Cc2ccc(C#CC)cc2)cc1. The highest BCUT2D eigenvalue weighted by Gasteiger charge is 1.88. The third-order valence-corrected chi connectivity index (χ3v) is 2.78. The van der Waals surface area contributed by atoms with Gasteiger partial charge in [-0.15, -0.1) is 11.8 Å². The van der Waals surface area contributed by atoms with Crippen LogP contribution in [0.5, 0.6) is 0 Å². The van der Waals surface area contributed by atoms with Gasteiger partial charge in [-0.1, -0.05) is 51.4 Å². The second-order valence-corrected chi connectivity index (χ2v) is 4.40. The van der Waals surface area contributed by atoms with Crippen LogP contribution in [0.3, 0.4) is 0 Å². The van der Waals surface area contributed by atoms with Gasteiger partial charge >= 0.3 is 0 Å². The highest BCUT2D eigenvalue weighted by molar-refractivity contribution is 5.47. The molecule has 2 rings (SSSR count). The number of hydrogen-bond donors (Lipinski definition) is 0. The first-order chi connectivity index (χ1) is 12.8. The summed E-state index contributed by atoms with van der Waals surface area (Å²) in [5.41, 5.74) is 3.86. The molecule has 0 saturated carbocycles. The first kappa shape index (κ1) is 22.7. The maximum atomic E-state index is 3.02. The van der Waals surface area contributed by atoms with Gasteiger partial charge in [-0.25, -0.2) is 0 Å². The van der Waals surface area contributed by atoms with Gasteiger partial charge in [0.15, 0.2) is 0 Å². The molecule has 0 aliphatic carbocycles. The summed E-state index contributed by atoms with van der Waals surface area (Å²) in [7, 11) is 0. The summed E-state index contributed by atoms with van der Waals surface area (Å²) in [6.45, 7) is 11.6. The van der Waals surface area contributed by atoms with Crippen LogP contribution in [-0.2, 0) is 0 Å². The Balaban J connectivity index is 0.00000146. The monoisotopic (exact) mass is 338 g/mol. The largest absolute Gasteiger partial charge is 0.101 e. The summed E-state index contributed by atoms with van der Waals surface area (Å²) in [6, 6.07) is 15.6. The minimum Gasteiger partial charge on any atom is -0.101 e. The van der Waals surface area contributed by atoms with Crippen molar-refractivity contribution >= 4 is 0 Å². The maximum absolute atomic E-state index is 3.02. The molecule has 2 aromatic rings. The zero-order valence-electron chi connectivity index (χ0n) is 16.6. The third kappa shape index (κ3) is 9.09. The van der Waals surface area contributed by atoms with E-state index in [0.29, 0.717) is 0 Å². The van der Waals surface area contributed by atoms with Crippen LogP contribution >= 0.6 is 0 Å². The molecular formula is C26H26. The van der Waals surface area contributed by atoms with Crippen molar-refractivity contribution in [3.05, 3.63) is 70.8 Å². The summed E-state index contributed by atoms with van der Waals surface area (Å²) in [5.74, 6) is 23.5. The molecular weight excluding hydrogens is 312 g/mol. The molecule has 2 aromatic carbocycles. The summed E-state index contributed by atoms with van der Waals surface area (Å²) < 4.78 is 0. The lowest BCUT2D eigenvalue weighted by Crippen LogP contribution is -1.77. The highest BCUT2D eigenvalue weighted by atomic mass is 13.9. The van der Waals surface area contributed by atoms with E-state index in [1.807, 2.05) is 90.1 Å². The van der Waals surface area contributed by atoms with Crippen LogP contribution in [0.2, 0.25) is 0 Å². The molecule has 0 bridgehead atoms. The van der Waals surface area contributed by atoms with Crippen LogP contribution < -0.4 is 0 Å². The van der Waals surface area contributed by atoms with E-state index in [0.717, 1.165) is 22.3 Å². The molecule has 0 aliphatic heterocycles. The quantitative estimate of drug-likeness (QED) is 0.526. The van der Waals surface area contributed by atoms with Crippen LogP contribution in [0, 0.1) is 47.4 Å². The molecule has 0 N–H and O–H groups in total. The average Bonchev–Trinajstić information content (AvgIpc) is 2.71. The van der Waals surface area contributed by atoms with Gasteiger partial charge in [-0.3, -0.25) is 0 Å². The van der Waals surface area contributed by atoms with Crippen LogP contribution in [0.25, 0.3) is 0 Å². The second-order valence-electron chi connectivity index (χ2n) is 4.40. The maximum Gasteiger partial charge on any atom is 0.0256 e. The third-order valence-electron chi connectivity index (χ3n) is 2.78. The van der Waals surface area contributed by atoms with Crippen LogP contribution in [0.15, 0.2) is 48.5 Å². The van der Waals surface area contributed by atoms with Gasteiger partial charge in [0.05, 0.1) is 0 Å². The van der Waals surface area contributed by atoms with E-state index in [-0.39, 0.29) is 0 Å². The molecule has 0 radical (unpaired) electrons. The van der Waals surface area contributed by atoms with Crippen LogP contribution in [-0.4, -0.2) is 0 Å². The lowest BCUT2D eigenvalue weighted by molar-refractivity contribution is 1.50. The summed E-state index contributed by atoms with van der Waals surface area (Å²) in [5, 5.41) is 0. The Kier molecular flexibility index (Phi) is 13.3. The molecule has 0 spiro atoms. The molecule has 0 unspecified atom stereocenters. The average molecular weight is 338 g/mol. The Hall–Kier alpha value is -3.32. The van der Waals surface area contributed by atoms with Gasteiger partial charge in [0.2, 0.25) is 0 Å². The van der Waals surface area contributed by atoms with Gasteiger partial charge in [-0.2, -0.15) is 0 Å². The minimum absolute atomic E-state index is 0.935. The number of benzene rings is 2. The highest BCUT2D eigenvalue weighted by Crippen LogP contribution is 2.02. The van der Waals surface area contributed by atoms with Gasteiger partial charge in [0, 0.05) is 22.3 Å². The van der Waals surface area contributed by atoms with Crippen LogP contribution in [0.4, 0.5) is 0 Å². The Morgan fingerprint density at radius 1 is 0.423 bits per heavy atom. The van der Waals surface area contributed by atoms with Crippen molar-refractivity contribution in [3.63, 3.8) is 0 Å². The van der Waals surface area contributed by atoms with Crippen molar-refractivity contribution in [3.8, 4) is 47.4 Å². The smallest absolute Gasteiger partial charge is 0.0256 e. The molecule has 26 heavy (non-hydrogen) atoms. The lowest BCUT2D eigenvalue weighted by atomic mass is 10.1. The summed E-state index contributed by atoms with van der Waals surface area (Å²) in [4.78, 5) is 0. The van der Waals surface area contributed by atoms with E-state index < -0.39 is 0 Å². The molecule has 0 saturated heterocycles. The Morgan fingerprint density at radius 2 is 0.654 bits per heavy atom. The van der Waals surface area contributed by atoms with Crippen molar-refractivity contribution in [1.29, 1.82) is 0 Å². The zero-order valence-corrected chi connectivity index (χ0v) is 16.6. The van der Waals surface area contributed by atoms with E-state index in [9.17, 15) is 0 Å². The van der Waals surface area contributed by atoms with Gasteiger partial charge in [0.1, 0.15) is 0 Å². The van der Waals surface area contributed by atoms with Gasteiger partial charge in [-0.05, 0) is 74.2 Å². The molecule has 0 aromatic heterocycles. The molecule has 0 nitrogen and oxygen atoms in total. The minimum atomic E-state index is 0.935. The molecule has 0 atom stereocenters. The topological polar surface area (TPSA) is 0 Å². The first-order valence-electron chi connectivity index (χ1n) is 8.89. The summed E-state index contributed by atoms with van der Waals surface area (Å²) >= 11 is 0. The zero-order chi connectivity index (χ0) is 19.6. The Labute approximate surface area is 160 Å². The lowest BCUT2D eigenvalue weighted by Gasteiger charge is -1.90. The van der Waals surface area contributed by atoms with E-state index >= 15 is 0 Å². The molecule has 130 valence electrons. The molecule has 0 heteroatoms. The fraction of sp³-hybridized carbons (Fsp3) is 0.231. The summed E-state index contributed by atoms with van der Waals surface area (Å²) in [6.07, 6.45) is 0. The predicted molar refractivity (Wildman–Crippen MR) is 114 cm³/mol. The van der Waals surface area contributed by atoms with Gasteiger partial charge < -0.3 is 0 Å². The van der Waals surface area contributed by atoms with E-state index in [1.165, 1.54) is 0 Å². The molecule has 0 heterocycles. The van der Waals surface area contributed by atoms with Crippen LogP contribution in [0.1, 0.15) is 63.8 Å². The van der Waals surface area contributed by atoms with Crippen molar-refractivity contribution in [1.82, 2.24) is 0 Å². The van der Waals surface area contributed by atoms with Crippen molar-refractivity contribution in [2.45, 2.75) is 41.5 Å². The first-order valence-corrected chi connectivity index (χ1v) is 8.89. The fourth-order valence-electron chi connectivity index (χ4n) is 1.77. The molecule has 0 fully saturated rings. The number of rotatable bonds is 0. The van der Waals surface area contributed by atoms with E-state index in [2.05, 4.69) is 47.4 Å². The molecule has 0 amide bonds. The van der Waals surface area contributed by atoms with Crippen molar-refractivity contribution in [2.75, 3.05) is 0 Å². The predicted octanol–water partition coefficient (Wildman–Crippen LogP) is 5.89. The number of hydrogen-bond acceptors (Lipinski definition) is 0. The fourth-order valence-corrected chi connectivity index (χ4v) is 1.77. The Morgan fingerprint density at radius 3 is 0.885 bits per heavy atom. The van der Waals surface area contributed by atoms with Crippen molar-refractivity contribution in [2.24, 2.45) is 0 Å². The van der Waals surface area contributed by atoms with E-state index in [1.54, 1.807) is 0 Å². The van der Waals surface area contributed by atoms with Crippen molar-refractivity contribution < 1.29 is 0 Å².